The van der Waals surface area contributed by atoms with Gasteiger partial charge in [0, 0.05) is 0 Å². The van der Waals surface area contributed by atoms with Crippen LogP contribution in [0.5, 0.6) is 0 Å². The van der Waals surface area contributed by atoms with E-state index in [0.717, 1.165) is 47.3 Å². The summed E-state index contributed by atoms with van der Waals surface area (Å²) in [6.07, 6.45) is 35.4. The van der Waals surface area contributed by atoms with Crippen LogP contribution in [0.2, 0.25) is 0 Å². The first kappa shape index (κ1) is 35.2. The molecule has 0 N–H and O–H groups in total. The molecule has 0 heteroatoms. The van der Waals surface area contributed by atoms with Crippen LogP contribution in [-0.4, -0.2) is 0 Å². The molecule has 46 heavy (non-hydrogen) atoms. The molecule has 6 rings (SSSR count). The lowest BCUT2D eigenvalue weighted by Crippen LogP contribution is -2.25. The fourth-order valence-corrected chi connectivity index (χ4v) is 10.1. The Morgan fingerprint density at radius 3 is 1.26 bits per heavy atom. The molecule has 0 atom stereocenters. The van der Waals surface area contributed by atoms with Gasteiger partial charge in [0.2, 0.25) is 0 Å². The van der Waals surface area contributed by atoms with Crippen molar-refractivity contribution in [2.24, 2.45) is 35.5 Å². The van der Waals surface area contributed by atoms with Crippen molar-refractivity contribution in [3.05, 3.63) is 95.1 Å². The van der Waals surface area contributed by atoms with Crippen LogP contribution in [0.3, 0.4) is 0 Å². The van der Waals surface area contributed by atoms with Crippen molar-refractivity contribution in [1.29, 1.82) is 0 Å². The average Bonchev–Trinajstić information content (AvgIpc) is 3.10. The summed E-state index contributed by atoms with van der Waals surface area (Å²) >= 11 is 0. The first-order valence-electron chi connectivity index (χ1n) is 19.9. The monoisotopic (exact) mass is 621 g/mol. The Bertz CT molecular complexity index is 1150. The van der Waals surface area contributed by atoms with Crippen LogP contribution >= 0.6 is 0 Å². The molecule has 0 radical (unpaired) electrons. The average molecular weight is 621 g/mol. The topological polar surface area (TPSA) is 0 Å². The lowest BCUT2D eigenvalue weighted by molar-refractivity contribution is 0.157. The first-order valence-corrected chi connectivity index (χ1v) is 19.9. The van der Waals surface area contributed by atoms with E-state index in [-0.39, 0.29) is 0 Å². The summed E-state index contributed by atoms with van der Waals surface area (Å²) in [7, 11) is 0. The number of benzene rings is 2. The summed E-state index contributed by atoms with van der Waals surface area (Å²) in [6.45, 7) is 8.68. The quantitative estimate of drug-likeness (QED) is 0.258. The van der Waals surface area contributed by atoms with Gasteiger partial charge in [0.25, 0.3) is 0 Å². The third-order valence-electron chi connectivity index (χ3n) is 13.1. The van der Waals surface area contributed by atoms with E-state index in [9.17, 15) is 0 Å². The van der Waals surface area contributed by atoms with Gasteiger partial charge in [0.1, 0.15) is 0 Å². The third-order valence-corrected chi connectivity index (χ3v) is 13.1. The molecule has 0 heterocycles. The van der Waals surface area contributed by atoms with Crippen molar-refractivity contribution < 1.29 is 0 Å². The van der Waals surface area contributed by atoms with E-state index in [1.807, 2.05) is 0 Å². The molecule has 0 aliphatic heterocycles. The van der Waals surface area contributed by atoms with Gasteiger partial charge in [-0.25, -0.2) is 0 Å². The summed E-state index contributed by atoms with van der Waals surface area (Å²) in [5, 5.41) is 0. The van der Waals surface area contributed by atoms with E-state index in [1.165, 1.54) is 127 Å². The fraction of sp³-hybridized carbons (Fsp3) is 0.652. The minimum atomic E-state index is 0.830. The molecule has 0 saturated heterocycles. The maximum absolute atomic E-state index is 2.44. The number of allylic oxidation sites excluding steroid dienone is 4. The lowest BCUT2D eigenvalue weighted by Gasteiger charge is -2.38. The van der Waals surface area contributed by atoms with Crippen molar-refractivity contribution in [1.82, 2.24) is 0 Å². The summed E-state index contributed by atoms with van der Waals surface area (Å²) < 4.78 is 0. The third kappa shape index (κ3) is 10.5. The minimum Gasteiger partial charge on any atom is -0.0917 e. The maximum Gasteiger partial charge on any atom is -0.0162 e. The van der Waals surface area contributed by atoms with Gasteiger partial charge in [-0.15, -0.1) is 0 Å². The predicted molar refractivity (Wildman–Crippen MR) is 202 cm³/mol. The number of hydrogen-bond donors (Lipinski definition) is 0. The van der Waals surface area contributed by atoms with Crippen molar-refractivity contribution in [3.8, 4) is 0 Å². The van der Waals surface area contributed by atoms with Gasteiger partial charge < -0.3 is 0 Å². The number of hydrogen-bond acceptors (Lipinski definition) is 0. The van der Waals surface area contributed by atoms with Gasteiger partial charge in [-0.2, -0.15) is 0 Å². The van der Waals surface area contributed by atoms with E-state index in [2.05, 4.69) is 101 Å². The van der Waals surface area contributed by atoms with Crippen LogP contribution in [-0.2, 0) is 0 Å². The Balaban J connectivity index is 0.000000182. The van der Waals surface area contributed by atoms with E-state index >= 15 is 0 Å². The Hall–Kier alpha value is -2.08. The molecule has 0 unspecified atom stereocenters. The smallest absolute Gasteiger partial charge is 0.0162 e. The highest BCUT2D eigenvalue weighted by molar-refractivity contribution is 5.26. The van der Waals surface area contributed by atoms with Gasteiger partial charge >= 0.3 is 0 Å². The molecule has 0 aromatic heterocycles. The summed E-state index contributed by atoms with van der Waals surface area (Å²) in [4.78, 5) is 0. The molecule has 4 aliphatic rings. The molecule has 2 aromatic carbocycles. The molecule has 4 fully saturated rings. The van der Waals surface area contributed by atoms with E-state index in [0.29, 0.717) is 0 Å². The molecular formula is C46H68. The lowest BCUT2D eigenvalue weighted by atomic mass is 9.68. The summed E-state index contributed by atoms with van der Waals surface area (Å²) in [5.74, 6) is 7.68. The molecule has 252 valence electrons. The van der Waals surface area contributed by atoms with Gasteiger partial charge in [0.05, 0.1) is 0 Å². The molecule has 4 saturated carbocycles. The largest absolute Gasteiger partial charge is 0.0917 e. The second-order valence-corrected chi connectivity index (χ2v) is 16.2. The Morgan fingerprint density at radius 2 is 0.870 bits per heavy atom. The molecule has 0 amide bonds. The fourth-order valence-electron chi connectivity index (χ4n) is 10.1. The highest BCUT2D eigenvalue weighted by Gasteiger charge is 2.32. The Morgan fingerprint density at radius 1 is 0.478 bits per heavy atom. The molecule has 4 aliphatic carbocycles. The van der Waals surface area contributed by atoms with E-state index in [4.69, 9.17) is 0 Å². The van der Waals surface area contributed by atoms with E-state index in [1.54, 1.807) is 11.1 Å². The van der Waals surface area contributed by atoms with Crippen LogP contribution in [0, 0.1) is 49.4 Å². The van der Waals surface area contributed by atoms with Crippen LogP contribution in [0.15, 0.2) is 72.8 Å². The maximum atomic E-state index is 2.44. The standard InChI is InChI=1S/C24H36.C22H32/c1-3-4-5-6-20-9-13-22(14-10-20)24-17-15-23(16-18-24)21-11-7-19(2)8-12-21;1-3-4-18-7-11-20(12-8-18)22-15-13-21(14-16-22)19-9-5-17(2)6-10-19/h3-4,7-8,11-12,20,22-24H,5-6,9-10,13-18H2,1-2H3;3-6,9-10,18,20-22H,7-8,11-16H2,1-2H3/b2*4-3+. The molecule has 0 spiro atoms. The molecular weight excluding hydrogens is 553 g/mol. The Labute approximate surface area is 284 Å². The molecule has 0 bridgehead atoms. The first-order chi connectivity index (χ1) is 22.5. The van der Waals surface area contributed by atoms with Gasteiger partial charge in [0.15, 0.2) is 0 Å². The summed E-state index contributed by atoms with van der Waals surface area (Å²) in [5.41, 5.74) is 5.95. The van der Waals surface area contributed by atoms with Crippen LogP contribution < -0.4 is 0 Å². The molecule has 2 aromatic rings. The van der Waals surface area contributed by atoms with Crippen molar-refractivity contribution >= 4 is 0 Å². The van der Waals surface area contributed by atoms with Crippen LogP contribution in [0.4, 0.5) is 0 Å². The van der Waals surface area contributed by atoms with E-state index < -0.39 is 0 Å². The normalized spacial score (nSPS) is 32.3. The second-order valence-electron chi connectivity index (χ2n) is 16.2. The number of rotatable bonds is 8. The second kappa shape index (κ2) is 18.5. The zero-order valence-corrected chi connectivity index (χ0v) is 30.3. The zero-order valence-electron chi connectivity index (χ0n) is 30.3. The van der Waals surface area contributed by atoms with Crippen molar-refractivity contribution in [3.63, 3.8) is 0 Å². The minimum absolute atomic E-state index is 0.830. The predicted octanol–water partition coefficient (Wildman–Crippen LogP) is 14.1. The van der Waals surface area contributed by atoms with Crippen LogP contribution in [0.25, 0.3) is 0 Å². The summed E-state index contributed by atoms with van der Waals surface area (Å²) in [6, 6.07) is 18.6. The number of aryl methyl sites for hydroxylation is 2. The van der Waals surface area contributed by atoms with Gasteiger partial charge in [-0.1, -0.05) is 96.8 Å². The highest BCUT2D eigenvalue weighted by atomic mass is 14.4. The van der Waals surface area contributed by atoms with Crippen molar-refractivity contribution in [2.45, 2.75) is 155 Å². The van der Waals surface area contributed by atoms with Gasteiger partial charge in [-0.05, 0) is 189 Å². The Kier molecular flexibility index (Phi) is 14.1. The van der Waals surface area contributed by atoms with Crippen LogP contribution in [0.1, 0.15) is 164 Å². The van der Waals surface area contributed by atoms with Gasteiger partial charge in [-0.3, -0.25) is 0 Å². The highest BCUT2D eigenvalue weighted by Crippen LogP contribution is 2.45. The zero-order chi connectivity index (χ0) is 32.1. The molecule has 0 nitrogen and oxygen atoms in total. The van der Waals surface area contributed by atoms with Crippen molar-refractivity contribution in [2.75, 3.05) is 0 Å². The SMILES string of the molecule is C/C=C/C1CCC(C2CCC(c3ccc(C)cc3)CC2)CC1.C/C=C/CCC1CCC(C2CCC(c3ccc(C)cc3)CC2)CC1.